The van der Waals surface area contributed by atoms with Gasteiger partial charge in [-0.3, -0.25) is 4.79 Å². The molecule has 4 rings (SSSR count). The van der Waals surface area contributed by atoms with Crippen LogP contribution in [0.25, 0.3) is 22.2 Å². The zero-order chi connectivity index (χ0) is 26.5. The molecule has 0 saturated carbocycles. The SMILES string of the molecule is CC=CC(=O)Nc1ccc(C)c(-c2noc(-c3sc(Nc4cc(OC)c(OC)c(OC)c4)nc3N)n2)c1. The van der Waals surface area contributed by atoms with E-state index in [-0.39, 0.29) is 17.6 Å². The number of nitrogens with one attached hydrogen (secondary N) is 2. The Kier molecular flexibility index (Phi) is 7.58. The normalized spacial score (nSPS) is 10.9. The van der Waals surface area contributed by atoms with Gasteiger partial charge in [0.1, 0.15) is 10.7 Å². The molecule has 0 fully saturated rings. The van der Waals surface area contributed by atoms with Crippen molar-refractivity contribution in [3.05, 3.63) is 48.0 Å². The van der Waals surface area contributed by atoms with Crippen LogP contribution in [0.5, 0.6) is 17.2 Å². The lowest BCUT2D eigenvalue weighted by Crippen LogP contribution is -2.07. The number of carbonyl (C=O) groups excluding carboxylic acids is 1. The molecule has 192 valence electrons. The van der Waals surface area contributed by atoms with Crippen LogP contribution in [0.1, 0.15) is 12.5 Å². The highest BCUT2D eigenvalue weighted by Crippen LogP contribution is 2.42. The average molecular weight is 523 g/mol. The molecule has 0 saturated heterocycles. The minimum Gasteiger partial charge on any atom is -0.493 e. The quantitative estimate of drug-likeness (QED) is 0.256. The number of carbonyl (C=O) groups is 1. The molecule has 0 aliphatic carbocycles. The summed E-state index contributed by atoms with van der Waals surface area (Å²) in [7, 11) is 4.63. The van der Waals surface area contributed by atoms with Crippen LogP contribution in [-0.4, -0.2) is 42.4 Å². The van der Waals surface area contributed by atoms with Crippen LogP contribution >= 0.6 is 11.3 Å². The number of aromatic nitrogens is 3. The van der Waals surface area contributed by atoms with E-state index in [1.165, 1.54) is 24.5 Å². The van der Waals surface area contributed by atoms with Gasteiger partial charge in [0.2, 0.25) is 17.5 Å². The van der Waals surface area contributed by atoms with Gasteiger partial charge < -0.3 is 35.1 Å². The Morgan fingerprint density at radius 1 is 1.05 bits per heavy atom. The first kappa shape index (κ1) is 25.5. The van der Waals surface area contributed by atoms with Gasteiger partial charge in [0, 0.05) is 29.1 Å². The maximum absolute atomic E-state index is 11.9. The van der Waals surface area contributed by atoms with Gasteiger partial charge in [0.05, 0.1) is 21.3 Å². The molecule has 11 nitrogen and oxygen atoms in total. The topological polar surface area (TPSA) is 147 Å². The molecule has 0 bridgehead atoms. The molecular weight excluding hydrogens is 496 g/mol. The first-order chi connectivity index (χ1) is 17.9. The van der Waals surface area contributed by atoms with E-state index in [0.717, 1.165) is 5.56 Å². The number of amides is 1. The highest BCUT2D eigenvalue weighted by Gasteiger charge is 2.20. The highest BCUT2D eigenvalue weighted by atomic mass is 32.1. The first-order valence-electron chi connectivity index (χ1n) is 11.1. The fraction of sp³-hybridized carbons (Fsp3) is 0.200. The predicted molar refractivity (Wildman–Crippen MR) is 143 cm³/mol. The third-order valence-electron chi connectivity index (χ3n) is 5.25. The summed E-state index contributed by atoms with van der Waals surface area (Å²) in [6, 6.07) is 8.99. The third kappa shape index (κ3) is 5.48. The number of nitrogens with zero attached hydrogens (tertiary/aromatic N) is 3. The number of allylic oxidation sites excluding steroid dienone is 1. The van der Waals surface area contributed by atoms with E-state index in [4.69, 9.17) is 24.5 Å². The summed E-state index contributed by atoms with van der Waals surface area (Å²) in [5.41, 5.74) is 9.08. The zero-order valence-electron chi connectivity index (χ0n) is 20.9. The van der Waals surface area contributed by atoms with Crippen molar-refractivity contribution in [3.63, 3.8) is 0 Å². The molecule has 2 heterocycles. The van der Waals surface area contributed by atoms with E-state index in [9.17, 15) is 4.79 Å². The maximum atomic E-state index is 11.9. The van der Waals surface area contributed by atoms with Gasteiger partial charge in [-0.2, -0.15) is 4.98 Å². The van der Waals surface area contributed by atoms with Gasteiger partial charge in [-0.05, 0) is 37.6 Å². The van der Waals surface area contributed by atoms with Gasteiger partial charge in [-0.15, -0.1) is 0 Å². The van der Waals surface area contributed by atoms with E-state index in [2.05, 4.69) is 25.8 Å². The van der Waals surface area contributed by atoms with E-state index < -0.39 is 0 Å². The van der Waals surface area contributed by atoms with Crippen molar-refractivity contribution >= 4 is 39.6 Å². The number of hydrogen-bond donors (Lipinski definition) is 3. The number of nitrogens with two attached hydrogens (primary N) is 1. The molecule has 2 aromatic heterocycles. The molecule has 2 aromatic carbocycles. The van der Waals surface area contributed by atoms with Gasteiger partial charge in [0.15, 0.2) is 16.6 Å². The van der Waals surface area contributed by atoms with Crippen LogP contribution in [0.4, 0.5) is 22.3 Å². The van der Waals surface area contributed by atoms with Crippen LogP contribution in [0.2, 0.25) is 0 Å². The zero-order valence-corrected chi connectivity index (χ0v) is 21.7. The van der Waals surface area contributed by atoms with Crippen molar-refractivity contribution in [1.82, 2.24) is 15.1 Å². The molecule has 0 aliphatic rings. The number of anilines is 4. The average Bonchev–Trinajstić information content (AvgIpc) is 3.51. The highest BCUT2D eigenvalue weighted by molar-refractivity contribution is 7.19. The molecule has 0 spiro atoms. The predicted octanol–water partition coefficient (Wildman–Crippen LogP) is 5.03. The molecule has 12 heteroatoms. The fourth-order valence-corrected chi connectivity index (χ4v) is 4.34. The van der Waals surface area contributed by atoms with E-state index in [0.29, 0.717) is 50.0 Å². The molecule has 37 heavy (non-hydrogen) atoms. The van der Waals surface area contributed by atoms with E-state index >= 15 is 0 Å². The Morgan fingerprint density at radius 3 is 2.43 bits per heavy atom. The fourth-order valence-electron chi connectivity index (χ4n) is 3.52. The van der Waals surface area contributed by atoms with Crippen molar-refractivity contribution in [2.45, 2.75) is 13.8 Å². The summed E-state index contributed by atoms with van der Waals surface area (Å²) in [5, 5.41) is 10.6. The summed E-state index contributed by atoms with van der Waals surface area (Å²) in [5.74, 6) is 2.07. The van der Waals surface area contributed by atoms with Gasteiger partial charge in [0.25, 0.3) is 5.89 Å². The lowest BCUT2D eigenvalue weighted by molar-refractivity contribution is -0.111. The Bertz CT molecular complexity index is 1440. The second kappa shape index (κ2) is 11.0. The number of nitrogen functional groups attached to an aromatic ring is 1. The van der Waals surface area contributed by atoms with Crippen molar-refractivity contribution in [1.29, 1.82) is 0 Å². The van der Waals surface area contributed by atoms with Gasteiger partial charge in [-0.25, -0.2) is 4.98 Å². The molecule has 0 unspecified atom stereocenters. The molecular formula is C25H26N6O5S. The Balaban J connectivity index is 1.60. The van der Waals surface area contributed by atoms with Crippen molar-refractivity contribution in [2.75, 3.05) is 37.7 Å². The summed E-state index contributed by atoms with van der Waals surface area (Å²) in [6.45, 7) is 3.70. The van der Waals surface area contributed by atoms with Crippen molar-refractivity contribution in [3.8, 4) is 39.4 Å². The largest absolute Gasteiger partial charge is 0.493 e. The number of thiazole rings is 1. The maximum Gasteiger partial charge on any atom is 0.272 e. The lowest BCUT2D eigenvalue weighted by atomic mass is 10.1. The molecule has 0 aliphatic heterocycles. The van der Waals surface area contributed by atoms with E-state index in [1.807, 2.05) is 19.1 Å². The Hall–Kier alpha value is -4.58. The monoisotopic (exact) mass is 522 g/mol. The van der Waals surface area contributed by atoms with Gasteiger partial charge in [-0.1, -0.05) is 28.6 Å². The van der Waals surface area contributed by atoms with Crippen LogP contribution in [0, 0.1) is 6.92 Å². The van der Waals surface area contributed by atoms with Crippen LogP contribution < -0.4 is 30.6 Å². The Morgan fingerprint density at radius 2 is 1.78 bits per heavy atom. The number of aryl methyl sites for hydroxylation is 1. The summed E-state index contributed by atoms with van der Waals surface area (Å²) in [4.78, 5) is 21.4. The molecule has 1 amide bonds. The van der Waals surface area contributed by atoms with Gasteiger partial charge >= 0.3 is 0 Å². The molecule has 4 aromatic rings. The summed E-state index contributed by atoms with van der Waals surface area (Å²) < 4.78 is 21.7. The number of ether oxygens (including phenoxy) is 3. The second-order valence-corrected chi connectivity index (χ2v) is 8.71. The smallest absolute Gasteiger partial charge is 0.272 e. The first-order valence-corrected chi connectivity index (χ1v) is 11.9. The lowest BCUT2D eigenvalue weighted by Gasteiger charge is -2.14. The number of methoxy groups -OCH3 is 3. The summed E-state index contributed by atoms with van der Waals surface area (Å²) >= 11 is 1.25. The van der Waals surface area contributed by atoms with Crippen LogP contribution in [0.15, 0.2) is 47.0 Å². The van der Waals surface area contributed by atoms with Crippen LogP contribution in [-0.2, 0) is 4.79 Å². The molecule has 4 N–H and O–H groups in total. The van der Waals surface area contributed by atoms with E-state index in [1.54, 1.807) is 45.4 Å². The summed E-state index contributed by atoms with van der Waals surface area (Å²) in [6.07, 6.45) is 3.11. The second-order valence-electron chi connectivity index (χ2n) is 7.71. The molecule has 0 radical (unpaired) electrons. The molecule has 0 atom stereocenters. The number of rotatable bonds is 9. The minimum atomic E-state index is -0.226. The minimum absolute atomic E-state index is 0.226. The standard InChI is InChI=1S/C25H26N6O5S/c1-6-7-19(32)27-14-9-8-13(2)16(10-14)23-30-24(36-31-23)21-22(26)29-25(37-21)28-15-11-17(33-3)20(35-5)18(12-15)34-4/h6-12H,26H2,1-5H3,(H,27,32)(H,28,29). The van der Waals surface area contributed by atoms with Crippen molar-refractivity contribution < 1.29 is 23.5 Å². The van der Waals surface area contributed by atoms with Crippen molar-refractivity contribution in [2.24, 2.45) is 0 Å². The third-order valence-corrected chi connectivity index (χ3v) is 6.23. The number of benzene rings is 2. The van der Waals surface area contributed by atoms with Crippen LogP contribution in [0.3, 0.4) is 0 Å². The Labute approximate surface area is 217 Å². The number of hydrogen-bond acceptors (Lipinski definition) is 11.